The molecule has 0 aliphatic carbocycles. The van der Waals surface area contributed by atoms with Crippen LogP contribution in [-0.2, 0) is 9.59 Å². The van der Waals surface area contributed by atoms with E-state index in [-0.39, 0.29) is 23.8 Å². The van der Waals surface area contributed by atoms with Crippen molar-refractivity contribution in [2.45, 2.75) is 19.4 Å². The summed E-state index contributed by atoms with van der Waals surface area (Å²) in [5.41, 5.74) is 0.565. The molecular formula is C17H21N3O4. The first-order valence-corrected chi connectivity index (χ1v) is 8.18. The van der Waals surface area contributed by atoms with Crippen molar-refractivity contribution in [3.63, 3.8) is 0 Å². The van der Waals surface area contributed by atoms with Crippen LogP contribution in [0, 0.1) is 0 Å². The third-order valence-corrected chi connectivity index (χ3v) is 4.79. The van der Waals surface area contributed by atoms with Crippen molar-refractivity contribution in [2.75, 3.05) is 37.6 Å². The number of carboxylic acids is 1. The van der Waals surface area contributed by atoms with Gasteiger partial charge in [0.2, 0.25) is 5.91 Å². The fourth-order valence-corrected chi connectivity index (χ4v) is 3.32. The first-order valence-electron chi connectivity index (χ1n) is 8.18. The van der Waals surface area contributed by atoms with Crippen LogP contribution in [0.3, 0.4) is 0 Å². The number of carbonyl (C=O) groups is 3. The van der Waals surface area contributed by atoms with Gasteiger partial charge in [0.25, 0.3) is 5.91 Å². The van der Waals surface area contributed by atoms with Gasteiger partial charge in [-0.2, -0.15) is 0 Å². The van der Waals surface area contributed by atoms with Crippen molar-refractivity contribution in [3.05, 3.63) is 29.8 Å². The Morgan fingerprint density at radius 2 is 1.75 bits per heavy atom. The minimum absolute atomic E-state index is 0.130. The standard InChI is InChI=1S/C17H21N3O4/c1-2-18-7-9-19(10-8-18)14-11-15(21)20(16(14)22)13-5-3-12(4-6-13)17(23)24/h3-6,14H,2,7-11H2,1H3,(H,23,24)/t14-/m0/s1. The zero-order chi connectivity index (χ0) is 17.3. The number of piperazine rings is 1. The fourth-order valence-electron chi connectivity index (χ4n) is 3.32. The second kappa shape index (κ2) is 6.70. The molecule has 7 nitrogen and oxygen atoms in total. The van der Waals surface area contributed by atoms with Gasteiger partial charge in [-0.25, -0.2) is 9.69 Å². The molecule has 1 atom stereocenters. The molecule has 1 N–H and O–H groups in total. The van der Waals surface area contributed by atoms with Crippen LogP contribution in [0.15, 0.2) is 24.3 Å². The number of rotatable bonds is 4. The van der Waals surface area contributed by atoms with Gasteiger partial charge >= 0.3 is 5.97 Å². The lowest BCUT2D eigenvalue weighted by Crippen LogP contribution is -2.52. The van der Waals surface area contributed by atoms with Crippen LogP contribution >= 0.6 is 0 Å². The summed E-state index contributed by atoms with van der Waals surface area (Å²) in [6.45, 7) is 6.48. The van der Waals surface area contributed by atoms with Crippen molar-refractivity contribution in [1.82, 2.24) is 9.80 Å². The molecule has 2 amide bonds. The van der Waals surface area contributed by atoms with Gasteiger partial charge in [-0.3, -0.25) is 14.5 Å². The summed E-state index contributed by atoms with van der Waals surface area (Å²) < 4.78 is 0. The van der Waals surface area contributed by atoms with E-state index in [0.717, 1.165) is 32.7 Å². The molecule has 1 aromatic carbocycles. The van der Waals surface area contributed by atoms with E-state index in [4.69, 9.17) is 5.11 Å². The molecule has 0 aromatic heterocycles. The molecule has 2 heterocycles. The molecule has 2 aliphatic rings. The minimum Gasteiger partial charge on any atom is -0.478 e. The van der Waals surface area contributed by atoms with E-state index in [1.54, 1.807) is 0 Å². The van der Waals surface area contributed by atoms with Crippen LogP contribution in [-0.4, -0.2) is 71.5 Å². The Bertz CT molecular complexity index is 650. The number of aromatic carboxylic acids is 1. The summed E-state index contributed by atoms with van der Waals surface area (Å²) in [6.07, 6.45) is 0.186. The largest absolute Gasteiger partial charge is 0.478 e. The van der Waals surface area contributed by atoms with E-state index in [2.05, 4.69) is 16.7 Å². The molecular weight excluding hydrogens is 310 g/mol. The second-order valence-electron chi connectivity index (χ2n) is 6.11. The Morgan fingerprint density at radius 3 is 2.29 bits per heavy atom. The van der Waals surface area contributed by atoms with E-state index < -0.39 is 12.0 Å². The van der Waals surface area contributed by atoms with E-state index in [9.17, 15) is 14.4 Å². The topological polar surface area (TPSA) is 81.2 Å². The summed E-state index contributed by atoms with van der Waals surface area (Å²) >= 11 is 0. The summed E-state index contributed by atoms with van der Waals surface area (Å²) in [5.74, 6) is -1.48. The first-order chi connectivity index (χ1) is 11.5. The molecule has 0 bridgehead atoms. The average Bonchev–Trinajstić information content (AvgIpc) is 2.89. The number of carboxylic acid groups (broad SMARTS) is 1. The highest BCUT2D eigenvalue weighted by molar-refractivity contribution is 6.22. The summed E-state index contributed by atoms with van der Waals surface area (Å²) in [4.78, 5) is 41.5. The SMILES string of the molecule is CCN1CCN([C@H]2CC(=O)N(c3ccc(C(=O)O)cc3)C2=O)CC1. The van der Waals surface area contributed by atoms with Crippen LogP contribution in [0.25, 0.3) is 0 Å². The van der Waals surface area contributed by atoms with Gasteiger partial charge in [-0.05, 0) is 30.8 Å². The molecule has 7 heteroatoms. The van der Waals surface area contributed by atoms with Crippen molar-refractivity contribution in [1.29, 1.82) is 0 Å². The number of likely N-dealkylation sites (N-methyl/N-ethyl adjacent to an activating group) is 1. The smallest absolute Gasteiger partial charge is 0.335 e. The molecule has 3 rings (SSSR count). The number of amides is 2. The molecule has 128 valence electrons. The number of imide groups is 1. The molecule has 2 fully saturated rings. The third kappa shape index (κ3) is 3.05. The number of benzene rings is 1. The lowest BCUT2D eigenvalue weighted by molar-refractivity contribution is -0.123. The van der Waals surface area contributed by atoms with E-state index in [1.165, 1.54) is 29.2 Å². The van der Waals surface area contributed by atoms with E-state index in [1.807, 2.05) is 0 Å². The Labute approximate surface area is 140 Å². The fraction of sp³-hybridized carbons (Fsp3) is 0.471. The number of nitrogens with zero attached hydrogens (tertiary/aromatic N) is 3. The third-order valence-electron chi connectivity index (χ3n) is 4.79. The number of hydrogen-bond donors (Lipinski definition) is 1. The van der Waals surface area contributed by atoms with Crippen molar-refractivity contribution >= 4 is 23.5 Å². The summed E-state index contributed by atoms with van der Waals surface area (Å²) in [7, 11) is 0. The van der Waals surface area contributed by atoms with Crippen LogP contribution < -0.4 is 4.90 Å². The van der Waals surface area contributed by atoms with Crippen LogP contribution in [0.5, 0.6) is 0 Å². The maximum absolute atomic E-state index is 12.7. The minimum atomic E-state index is -1.03. The predicted molar refractivity (Wildman–Crippen MR) is 88.0 cm³/mol. The monoisotopic (exact) mass is 331 g/mol. The van der Waals surface area contributed by atoms with Gasteiger partial charge in [0.15, 0.2) is 0 Å². The average molecular weight is 331 g/mol. The summed E-state index contributed by atoms with van der Waals surface area (Å²) in [6, 6.07) is 5.43. The Balaban J connectivity index is 1.73. The lowest BCUT2D eigenvalue weighted by Gasteiger charge is -2.36. The Kier molecular flexibility index (Phi) is 4.64. The first kappa shape index (κ1) is 16.6. The Hall–Kier alpha value is -2.25. The quantitative estimate of drug-likeness (QED) is 0.816. The molecule has 0 radical (unpaired) electrons. The Morgan fingerprint density at radius 1 is 1.12 bits per heavy atom. The lowest BCUT2D eigenvalue weighted by atomic mass is 10.1. The highest BCUT2D eigenvalue weighted by Gasteiger charge is 2.43. The van der Waals surface area contributed by atoms with Crippen LogP contribution in [0.1, 0.15) is 23.7 Å². The number of hydrogen-bond acceptors (Lipinski definition) is 5. The van der Waals surface area contributed by atoms with Gasteiger partial charge in [0.1, 0.15) is 0 Å². The maximum atomic E-state index is 12.7. The van der Waals surface area contributed by atoms with Gasteiger partial charge in [-0.15, -0.1) is 0 Å². The maximum Gasteiger partial charge on any atom is 0.335 e. The number of anilines is 1. The second-order valence-corrected chi connectivity index (χ2v) is 6.11. The molecule has 24 heavy (non-hydrogen) atoms. The molecule has 2 aliphatic heterocycles. The van der Waals surface area contributed by atoms with Crippen molar-refractivity contribution in [3.8, 4) is 0 Å². The molecule has 1 aromatic rings. The van der Waals surface area contributed by atoms with Crippen LogP contribution in [0.2, 0.25) is 0 Å². The van der Waals surface area contributed by atoms with Crippen LogP contribution in [0.4, 0.5) is 5.69 Å². The molecule has 0 unspecified atom stereocenters. The van der Waals surface area contributed by atoms with E-state index >= 15 is 0 Å². The summed E-state index contributed by atoms with van der Waals surface area (Å²) in [5, 5.41) is 8.94. The molecule has 0 saturated carbocycles. The predicted octanol–water partition coefficient (Wildman–Crippen LogP) is 0.654. The normalized spacial score (nSPS) is 23.0. The number of carbonyl (C=O) groups excluding carboxylic acids is 2. The molecule has 0 spiro atoms. The highest BCUT2D eigenvalue weighted by Crippen LogP contribution is 2.26. The van der Waals surface area contributed by atoms with Gasteiger partial charge in [0, 0.05) is 26.2 Å². The van der Waals surface area contributed by atoms with Gasteiger partial charge < -0.3 is 10.0 Å². The van der Waals surface area contributed by atoms with Crippen molar-refractivity contribution in [2.24, 2.45) is 0 Å². The van der Waals surface area contributed by atoms with E-state index in [0.29, 0.717) is 5.69 Å². The van der Waals surface area contributed by atoms with Crippen molar-refractivity contribution < 1.29 is 19.5 Å². The van der Waals surface area contributed by atoms with Gasteiger partial charge in [-0.1, -0.05) is 6.92 Å². The molecule has 2 saturated heterocycles. The van der Waals surface area contributed by atoms with Gasteiger partial charge in [0.05, 0.1) is 23.7 Å². The zero-order valence-corrected chi connectivity index (χ0v) is 13.6. The highest BCUT2D eigenvalue weighted by atomic mass is 16.4. The zero-order valence-electron chi connectivity index (χ0n) is 13.6.